The van der Waals surface area contributed by atoms with Crippen molar-refractivity contribution in [3.8, 4) is 0 Å². The van der Waals surface area contributed by atoms with E-state index < -0.39 is 41.8 Å². The first-order chi connectivity index (χ1) is 7.64. The number of hydrogen-bond acceptors (Lipinski definition) is 5. The second kappa shape index (κ2) is 4.67. The molecule has 0 saturated heterocycles. The fourth-order valence-corrected chi connectivity index (χ4v) is 2.29. The smallest absolute Gasteiger partial charge is 0.258 e. The largest absolute Gasteiger partial charge is 0.284 e. The molecule has 17 heavy (non-hydrogen) atoms. The van der Waals surface area contributed by atoms with Gasteiger partial charge in [-0.1, -0.05) is 11.6 Å². The SMILES string of the molecule is O=[N+]([O-])c1cc(Cl)nc(S(=O)(=O)Cl)c1C(F)F. The van der Waals surface area contributed by atoms with Crippen molar-refractivity contribution in [2.24, 2.45) is 0 Å². The van der Waals surface area contributed by atoms with Gasteiger partial charge in [0.2, 0.25) is 0 Å². The van der Waals surface area contributed by atoms with E-state index in [1.807, 2.05) is 0 Å². The minimum atomic E-state index is -4.66. The first kappa shape index (κ1) is 14.0. The highest BCUT2D eigenvalue weighted by molar-refractivity contribution is 8.13. The van der Waals surface area contributed by atoms with E-state index in [-0.39, 0.29) is 0 Å². The lowest BCUT2D eigenvalue weighted by atomic mass is 10.2. The monoisotopic (exact) mass is 306 g/mol. The quantitative estimate of drug-likeness (QED) is 0.370. The Morgan fingerprint density at radius 2 is 2.00 bits per heavy atom. The highest BCUT2D eigenvalue weighted by Gasteiger charge is 2.33. The van der Waals surface area contributed by atoms with Crippen molar-refractivity contribution in [3.63, 3.8) is 0 Å². The zero-order valence-corrected chi connectivity index (χ0v) is 9.93. The molecule has 0 aromatic carbocycles. The fourth-order valence-electron chi connectivity index (χ4n) is 1.03. The van der Waals surface area contributed by atoms with Crippen molar-refractivity contribution >= 4 is 37.0 Å². The van der Waals surface area contributed by atoms with Gasteiger partial charge in [0.25, 0.3) is 21.2 Å². The van der Waals surface area contributed by atoms with E-state index in [0.29, 0.717) is 6.07 Å². The van der Waals surface area contributed by atoms with Crippen LogP contribution in [-0.2, 0) is 9.05 Å². The Labute approximate surface area is 103 Å². The Kier molecular flexibility index (Phi) is 3.84. The maximum atomic E-state index is 12.6. The molecule has 6 nitrogen and oxygen atoms in total. The number of alkyl halides is 2. The van der Waals surface area contributed by atoms with Crippen LogP contribution in [0.4, 0.5) is 14.5 Å². The van der Waals surface area contributed by atoms with Gasteiger partial charge in [-0.25, -0.2) is 22.2 Å². The average Bonchev–Trinajstić information content (AvgIpc) is 2.14. The van der Waals surface area contributed by atoms with Crippen molar-refractivity contribution in [3.05, 3.63) is 26.9 Å². The van der Waals surface area contributed by atoms with Gasteiger partial charge in [0.15, 0.2) is 5.03 Å². The molecule has 0 aliphatic carbocycles. The van der Waals surface area contributed by atoms with Crippen LogP contribution >= 0.6 is 22.3 Å². The molecule has 0 bridgehead atoms. The summed E-state index contributed by atoms with van der Waals surface area (Å²) in [6.45, 7) is 0. The van der Waals surface area contributed by atoms with Crippen LogP contribution in [0, 0.1) is 10.1 Å². The summed E-state index contributed by atoms with van der Waals surface area (Å²) in [5, 5.41) is 8.57. The molecule has 0 aliphatic rings. The molecule has 0 spiro atoms. The predicted octanol–water partition coefficient (Wildman–Crippen LogP) is 2.51. The van der Waals surface area contributed by atoms with Crippen molar-refractivity contribution < 1.29 is 22.1 Å². The Morgan fingerprint density at radius 3 is 2.35 bits per heavy atom. The fraction of sp³-hybridized carbons (Fsp3) is 0.167. The van der Waals surface area contributed by atoms with Crippen LogP contribution in [0.15, 0.2) is 11.1 Å². The molecule has 0 unspecified atom stereocenters. The molecule has 94 valence electrons. The summed E-state index contributed by atoms with van der Waals surface area (Å²) >= 11 is 5.29. The Hall–Kier alpha value is -1.06. The third-order valence-electron chi connectivity index (χ3n) is 1.62. The number of pyridine rings is 1. The molecular weight excluding hydrogens is 305 g/mol. The molecule has 1 heterocycles. The van der Waals surface area contributed by atoms with Crippen molar-refractivity contribution in [2.75, 3.05) is 0 Å². The first-order valence-electron chi connectivity index (χ1n) is 3.72. The number of nitrogens with zero attached hydrogens (tertiary/aromatic N) is 2. The van der Waals surface area contributed by atoms with E-state index in [1.165, 1.54) is 0 Å². The van der Waals surface area contributed by atoms with E-state index in [2.05, 4.69) is 4.98 Å². The van der Waals surface area contributed by atoms with Crippen LogP contribution in [0.1, 0.15) is 12.0 Å². The number of halogens is 4. The lowest BCUT2D eigenvalue weighted by Crippen LogP contribution is -2.06. The molecule has 0 fully saturated rings. The topological polar surface area (TPSA) is 90.2 Å². The highest BCUT2D eigenvalue weighted by atomic mass is 35.7. The van der Waals surface area contributed by atoms with Crippen LogP contribution in [-0.4, -0.2) is 18.3 Å². The van der Waals surface area contributed by atoms with Gasteiger partial charge in [0, 0.05) is 10.7 Å². The summed E-state index contributed by atoms with van der Waals surface area (Å²) in [5.41, 5.74) is -2.53. The van der Waals surface area contributed by atoms with Gasteiger partial charge >= 0.3 is 0 Å². The zero-order chi connectivity index (χ0) is 13.4. The summed E-state index contributed by atoms with van der Waals surface area (Å²) < 4.78 is 47.1. The third-order valence-corrected chi connectivity index (χ3v) is 3.02. The number of nitro groups is 1. The number of aromatic nitrogens is 1. The van der Waals surface area contributed by atoms with E-state index in [4.69, 9.17) is 22.3 Å². The molecule has 0 saturated carbocycles. The Morgan fingerprint density at radius 1 is 1.47 bits per heavy atom. The molecule has 1 rings (SSSR count). The summed E-state index contributed by atoms with van der Waals surface area (Å²) in [7, 11) is 0.187. The third kappa shape index (κ3) is 2.99. The molecule has 0 amide bonds. The normalized spacial score (nSPS) is 11.8. The van der Waals surface area contributed by atoms with Gasteiger partial charge in [-0.15, -0.1) is 0 Å². The standard InChI is InChI=1S/C6H2Cl2F2N2O4S/c7-3-1-2(12(13)14)4(5(9)10)6(11-3)17(8,15)16/h1,5H. The maximum Gasteiger partial charge on any atom is 0.284 e. The van der Waals surface area contributed by atoms with Crippen molar-refractivity contribution in [1.82, 2.24) is 4.98 Å². The van der Waals surface area contributed by atoms with Gasteiger partial charge in [-0.05, 0) is 0 Å². The van der Waals surface area contributed by atoms with Crippen LogP contribution < -0.4 is 0 Å². The lowest BCUT2D eigenvalue weighted by molar-refractivity contribution is -0.386. The molecular formula is C6H2Cl2F2N2O4S. The van der Waals surface area contributed by atoms with Crippen molar-refractivity contribution in [1.29, 1.82) is 0 Å². The van der Waals surface area contributed by atoms with E-state index >= 15 is 0 Å². The second-order valence-corrected chi connectivity index (χ2v) is 5.55. The number of rotatable bonds is 3. The minimum Gasteiger partial charge on any atom is -0.258 e. The first-order valence-corrected chi connectivity index (χ1v) is 6.41. The van der Waals surface area contributed by atoms with Gasteiger partial charge in [0.1, 0.15) is 10.7 Å². The second-order valence-electron chi connectivity index (χ2n) is 2.68. The predicted molar refractivity (Wildman–Crippen MR) is 53.9 cm³/mol. The van der Waals surface area contributed by atoms with Crippen LogP contribution in [0.3, 0.4) is 0 Å². The van der Waals surface area contributed by atoms with Gasteiger partial charge in [0.05, 0.1) is 11.0 Å². The molecule has 0 radical (unpaired) electrons. The van der Waals surface area contributed by atoms with E-state index in [0.717, 1.165) is 0 Å². The zero-order valence-electron chi connectivity index (χ0n) is 7.60. The molecule has 0 N–H and O–H groups in total. The summed E-state index contributed by atoms with van der Waals surface area (Å²) in [5.74, 6) is 0. The molecule has 1 aromatic heterocycles. The van der Waals surface area contributed by atoms with Gasteiger partial charge in [-0.2, -0.15) is 0 Å². The van der Waals surface area contributed by atoms with Crippen molar-refractivity contribution in [2.45, 2.75) is 11.5 Å². The summed E-state index contributed by atoms with van der Waals surface area (Å²) in [6, 6.07) is 0.522. The van der Waals surface area contributed by atoms with Crippen LogP contribution in [0.5, 0.6) is 0 Å². The van der Waals surface area contributed by atoms with E-state index in [9.17, 15) is 27.3 Å². The molecule has 0 aliphatic heterocycles. The maximum absolute atomic E-state index is 12.6. The van der Waals surface area contributed by atoms with Gasteiger partial charge < -0.3 is 0 Å². The Bertz CT molecular complexity index is 578. The average molecular weight is 307 g/mol. The van der Waals surface area contributed by atoms with Crippen LogP contribution in [0.2, 0.25) is 5.15 Å². The minimum absolute atomic E-state index is 0.522. The summed E-state index contributed by atoms with van der Waals surface area (Å²) in [6.07, 6.45) is -3.43. The highest BCUT2D eigenvalue weighted by Crippen LogP contribution is 2.36. The van der Waals surface area contributed by atoms with Gasteiger partial charge in [-0.3, -0.25) is 10.1 Å². The molecule has 11 heteroatoms. The Balaban J connectivity index is 3.77. The summed E-state index contributed by atoms with van der Waals surface area (Å²) in [4.78, 5) is 12.4. The number of hydrogen-bond donors (Lipinski definition) is 0. The molecule has 0 atom stereocenters. The van der Waals surface area contributed by atoms with Crippen LogP contribution in [0.25, 0.3) is 0 Å². The molecule has 1 aromatic rings. The van der Waals surface area contributed by atoms with E-state index in [1.54, 1.807) is 0 Å². The lowest BCUT2D eigenvalue weighted by Gasteiger charge is -2.06.